The van der Waals surface area contributed by atoms with E-state index in [9.17, 15) is 13.6 Å². The molecular weight excluding hydrogens is 292 g/mol. The van der Waals surface area contributed by atoms with Crippen LogP contribution in [0.5, 0.6) is 11.5 Å². The Kier molecular flexibility index (Phi) is 5.57. The van der Waals surface area contributed by atoms with Gasteiger partial charge in [-0.2, -0.15) is 0 Å². The Hall–Kier alpha value is -1.85. The van der Waals surface area contributed by atoms with Crippen LogP contribution in [0.4, 0.5) is 8.78 Å². The minimum absolute atomic E-state index is 0.127. The van der Waals surface area contributed by atoms with Gasteiger partial charge in [0.05, 0.1) is 0 Å². The van der Waals surface area contributed by atoms with Crippen LogP contribution in [0.25, 0.3) is 0 Å². The summed E-state index contributed by atoms with van der Waals surface area (Å²) in [5, 5.41) is 2.98. The van der Waals surface area contributed by atoms with Gasteiger partial charge in [0.1, 0.15) is 0 Å². The van der Waals surface area contributed by atoms with Crippen LogP contribution in [-0.2, 0) is 0 Å². The monoisotopic (exact) mass is 313 g/mol. The van der Waals surface area contributed by atoms with Crippen LogP contribution in [0.15, 0.2) is 18.2 Å². The molecule has 6 heteroatoms. The third-order valence-electron chi connectivity index (χ3n) is 3.51. The molecule has 1 unspecified atom stereocenters. The quantitative estimate of drug-likeness (QED) is 0.834. The molecule has 1 aliphatic rings. The van der Waals surface area contributed by atoms with Crippen molar-refractivity contribution >= 4 is 5.91 Å². The number of carbonyl (C=O) groups excluding carboxylic acids is 1. The van der Waals surface area contributed by atoms with Crippen LogP contribution >= 0.6 is 0 Å². The van der Waals surface area contributed by atoms with Gasteiger partial charge in [0.25, 0.3) is 5.91 Å². The first-order chi connectivity index (χ1) is 10.5. The molecule has 1 atom stereocenters. The molecule has 1 aromatic rings. The second kappa shape index (κ2) is 7.42. The zero-order chi connectivity index (χ0) is 16.1. The number of hydrogen-bond donors (Lipinski definition) is 1. The lowest BCUT2D eigenvalue weighted by molar-refractivity contribution is -0.0782. The molecular formula is C16H21F2NO3. The fraction of sp³-hybridized carbons (Fsp3) is 0.562. The van der Waals surface area contributed by atoms with Gasteiger partial charge in [-0.05, 0) is 31.0 Å². The normalized spacial score (nSPS) is 16.4. The van der Waals surface area contributed by atoms with Gasteiger partial charge in [0.2, 0.25) is 0 Å². The highest BCUT2D eigenvalue weighted by atomic mass is 19.3. The second-order valence-corrected chi connectivity index (χ2v) is 5.35. The Morgan fingerprint density at radius 1 is 1.18 bits per heavy atom. The van der Waals surface area contributed by atoms with Crippen molar-refractivity contribution in [2.45, 2.75) is 58.3 Å². The van der Waals surface area contributed by atoms with E-state index in [2.05, 4.69) is 19.2 Å². The van der Waals surface area contributed by atoms with Crippen LogP contribution < -0.4 is 14.8 Å². The van der Waals surface area contributed by atoms with E-state index in [1.165, 1.54) is 12.1 Å². The van der Waals surface area contributed by atoms with Crippen molar-refractivity contribution in [3.05, 3.63) is 23.8 Å². The fourth-order valence-corrected chi connectivity index (χ4v) is 2.47. The Labute approximate surface area is 128 Å². The van der Waals surface area contributed by atoms with Crippen LogP contribution in [0, 0.1) is 0 Å². The summed E-state index contributed by atoms with van der Waals surface area (Å²) in [6.45, 7) is 4.14. The van der Waals surface area contributed by atoms with Crippen molar-refractivity contribution in [3.8, 4) is 11.5 Å². The van der Waals surface area contributed by atoms with Gasteiger partial charge in [0.15, 0.2) is 11.5 Å². The number of carbonyl (C=O) groups is 1. The van der Waals surface area contributed by atoms with E-state index in [0.717, 1.165) is 25.7 Å². The number of amides is 1. The number of benzene rings is 1. The summed E-state index contributed by atoms with van der Waals surface area (Å²) in [6.07, 6.45) is -0.524. The van der Waals surface area contributed by atoms with Crippen LogP contribution in [-0.4, -0.2) is 24.7 Å². The number of fused-ring (bicyclic) bond motifs is 1. The number of hydrogen-bond acceptors (Lipinski definition) is 3. The van der Waals surface area contributed by atoms with Gasteiger partial charge >= 0.3 is 12.7 Å². The number of nitrogens with one attached hydrogen (secondary N) is 1. The molecule has 1 amide bonds. The summed E-state index contributed by atoms with van der Waals surface area (Å²) >= 11 is 0. The first kappa shape index (κ1) is 16.5. The standard InChI is InChI=1S/C16H21F2NO3/c1-3-5-11(6-4-2)19-15(20)10-7-8-12-13(9-10)22-16(21-12)14(17)18/h7-9,11,14,16H,3-6H2,1-2H3,(H,19,20). The van der Waals surface area contributed by atoms with Gasteiger partial charge < -0.3 is 14.8 Å². The third kappa shape index (κ3) is 3.87. The second-order valence-electron chi connectivity index (χ2n) is 5.35. The first-order valence-corrected chi connectivity index (χ1v) is 7.61. The van der Waals surface area contributed by atoms with Crippen molar-refractivity contribution in [2.24, 2.45) is 0 Å². The van der Waals surface area contributed by atoms with E-state index in [1.807, 2.05) is 0 Å². The van der Waals surface area contributed by atoms with Crippen molar-refractivity contribution < 1.29 is 23.0 Å². The maximum absolute atomic E-state index is 12.6. The smallest absolute Gasteiger partial charge is 0.311 e. The van der Waals surface area contributed by atoms with Crippen molar-refractivity contribution in [2.75, 3.05) is 0 Å². The van der Waals surface area contributed by atoms with Crippen molar-refractivity contribution in [3.63, 3.8) is 0 Å². The zero-order valence-corrected chi connectivity index (χ0v) is 12.8. The average Bonchev–Trinajstić information content (AvgIpc) is 2.91. The predicted octanol–water partition coefficient (Wildman–Crippen LogP) is 3.75. The van der Waals surface area contributed by atoms with Crippen LogP contribution in [0.3, 0.4) is 0 Å². The molecule has 0 aromatic heterocycles. The zero-order valence-electron chi connectivity index (χ0n) is 12.8. The largest absolute Gasteiger partial charge is 0.445 e. The van der Waals surface area contributed by atoms with Gasteiger partial charge in [0, 0.05) is 11.6 Å². The number of alkyl halides is 2. The number of ether oxygens (including phenoxy) is 2. The first-order valence-electron chi connectivity index (χ1n) is 7.61. The van der Waals surface area contributed by atoms with E-state index < -0.39 is 12.7 Å². The number of halogens is 2. The molecule has 0 fully saturated rings. The number of rotatable bonds is 7. The molecule has 0 radical (unpaired) electrons. The molecule has 22 heavy (non-hydrogen) atoms. The van der Waals surface area contributed by atoms with Crippen LogP contribution in [0.1, 0.15) is 49.9 Å². The van der Waals surface area contributed by atoms with Gasteiger partial charge in [-0.25, -0.2) is 8.78 Å². The Morgan fingerprint density at radius 3 is 2.41 bits per heavy atom. The van der Waals surface area contributed by atoms with E-state index >= 15 is 0 Å². The molecule has 0 aliphatic carbocycles. The topological polar surface area (TPSA) is 47.6 Å². The molecule has 1 aliphatic heterocycles. The molecule has 0 spiro atoms. The lowest BCUT2D eigenvalue weighted by Crippen LogP contribution is -2.34. The average molecular weight is 313 g/mol. The van der Waals surface area contributed by atoms with E-state index in [4.69, 9.17) is 9.47 Å². The summed E-state index contributed by atoms with van der Waals surface area (Å²) in [6, 6.07) is 4.62. The molecule has 0 saturated heterocycles. The van der Waals surface area contributed by atoms with E-state index in [0.29, 0.717) is 5.56 Å². The summed E-state index contributed by atoms with van der Waals surface area (Å²) in [7, 11) is 0. The predicted molar refractivity (Wildman–Crippen MR) is 78.6 cm³/mol. The van der Waals surface area contributed by atoms with E-state index in [1.54, 1.807) is 6.07 Å². The molecule has 122 valence electrons. The Balaban J connectivity index is 2.04. The lowest BCUT2D eigenvalue weighted by atomic mass is 10.1. The highest BCUT2D eigenvalue weighted by Crippen LogP contribution is 2.36. The minimum Gasteiger partial charge on any atom is -0.445 e. The van der Waals surface area contributed by atoms with Crippen molar-refractivity contribution in [1.82, 2.24) is 5.32 Å². The maximum atomic E-state index is 12.6. The SMILES string of the molecule is CCCC(CCC)NC(=O)c1ccc2c(c1)OC(C(F)F)O2. The summed E-state index contributed by atoms with van der Waals surface area (Å²) in [5.74, 6) is 0.194. The molecule has 0 bridgehead atoms. The Bertz CT molecular complexity index is 516. The lowest BCUT2D eigenvalue weighted by Gasteiger charge is -2.17. The fourth-order valence-electron chi connectivity index (χ4n) is 2.47. The van der Waals surface area contributed by atoms with Crippen molar-refractivity contribution in [1.29, 1.82) is 0 Å². The summed E-state index contributed by atoms with van der Waals surface area (Å²) in [4.78, 5) is 12.3. The third-order valence-corrected chi connectivity index (χ3v) is 3.51. The van der Waals surface area contributed by atoms with Gasteiger partial charge in [-0.1, -0.05) is 26.7 Å². The Morgan fingerprint density at radius 2 is 1.82 bits per heavy atom. The van der Waals surface area contributed by atoms with Gasteiger partial charge in [-0.3, -0.25) is 4.79 Å². The summed E-state index contributed by atoms with van der Waals surface area (Å²) in [5.41, 5.74) is 0.384. The maximum Gasteiger partial charge on any atom is 0.311 e. The molecule has 4 nitrogen and oxygen atoms in total. The molecule has 0 saturated carbocycles. The molecule has 1 N–H and O–H groups in total. The van der Waals surface area contributed by atoms with E-state index in [-0.39, 0.29) is 23.4 Å². The van der Waals surface area contributed by atoms with Gasteiger partial charge in [-0.15, -0.1) is 0 Å². The molecule has 1 aromatic carbocycles. The minimum atomic E-state index is -2.73. The highest BCUT2D eigenvalue weighted by molar-refractivity contribution is 5.95. The van der Waals surface area contributed by atoms with Crippen LogP contribution in [0.2, 0.25) is 0 Å². The summed E-state index contributed by atoms with van der Waals surface area (Å²) < 4.78 is 35.1. The molecule has 1 heterocycles. The molecule has 2 rings (SSSR count). The highest BCUT2D eigenvalue weighted by Gasteiger charge is 2.32.